The molecule has 1 aliphatic carbocycles. The molecule has 1 aliphatic rings. The van der Waals surface area contributed by atoms with Crippen LogP contribution in [-0.4, -0.2) is 37.6 Å². The van der Waals surface area contributed by atoms with E-state index in [9.17, 15) is 4.79 Å². The van der Waals surface area contributed by atoms with Crippen molar-refractivity contribution in [1.29, 1.82) is 0 Å². The van der Waals surface area contributed by atoms with Crippen LogP contribution in [0.25, 0.3) is 22.2 Å². The molecule has 0 saturated heterocycles. The molecule has 0 spiro atoms. The predicted octanol–water partition coefficient (Wildman–Crippen LogP) is 5.87. The lowest BCUT2D eigenvalue weighted by atomic mass is 9.71. The number of methoxy groups -OCH3 is 1. The molecule has 1 fully saturated rings. The van der Waals surface area contributed by atoms with Crippen LogP contribution in [0.4, 0.5) is 5.69 Å². The van der Waals surface area contributed by atoms with Gasteiger partial charge in [0.15, 0.2) is 0 Å². The number of fused-ring (bicyclic) bond motifs is 1. The molecule has 36 heavy (non-hydrogen) atoms. The van der Waals surface area contributed by atoms with Crippen molar-refractivity contribution in [3.05, 3.63) is 54.6 Å². The lowest BCUT2D eigenvalue weighted by Crippen LogP contribution is -2.27. The largest absolute Gasteiger partial charge is 0.494 e. The van der Waals surface area contributed by atoms with Crippen molar-refractivity contribution in [3.8, 4) is 17.0 Å². The fraction of sp³-hybridized carbons (Fsp3) is 0.429. The lowest BCUT2D eigenvalue weighted by Gasteiger charge is -2.37. The Morgan fingerprint density at radius 1 is 1.11 bits per heavy atom. The van der Waals surface area contributed by atoms with Gasteiger partial charge >= 0.3 is 0 Å². The molecule has 1 saturated carbocycles. The normalized spacial score (nSPS) is 18.4. The molecular formula is C28H34N6O2. The van der Waals surface area contributed by atoms with E-state index in [2.05, 4.69) is 47.0 Å². The third-order valence-electron chi connectivity index (χ3n) is 7.37. The summed E-state index contributed by atoms with van der Waals surface area (Å²) in [5.41, 5.74) is 3.69. The van der Waals surface area contributed by atoms with Gasteiger partial charge in [-0.15, -0.1) is 0 Å². The standard InChI is InChI=1S/C28H34N6O2/c1-28(2,3)20-9-11-21(12-10-20)34-17-18-13-25(26(36-5)14-24(18)32-34)31-27(35)23-8-6-7-22(30-23)19-15-29-33(4)16-19/h6-8,13-17,20-21H,9-12H2,1-5H3,(H,31,35). The van der Waals surface area contributed by atoms with Crippen LogP contribution in [0, 0.1) is 11.3 Å². The molecule has 0 unspecified atom stereocenters. The van der Waals surface area contributed by atoms with Crippen LogP contribution in [0.3, 0.4) is 0 Å². The van der Waals surface area contributed by atoms with Gasteiger partial charge in [-0.3, -0.25) is 14.2 Å². The number of nitrogens with zero attached hydrogens (tertiary/aromatic N) is 5. The lowest BCUT2D eigenvalue weighted by molar-refractivity contribution is 0.102. The molecule has 0 aliphatic heterocycles. The molecule has 0 bridgehead atoms. The smallest absolute Gasteiger partial charge is 0.274 e. The zero-order valence-corrected chi connectivity index (χ0v) is 21.7. The molecule has 8 nitrogen and oxygen atoms in total. The van der Waals surface area contributed by atoms with Gasteiger partial charge in [0.05, 0.1) is 36.2 Å². The second kappa shape index (κ2) is 9.41. The van der Waals surface area contributed by atoms with E-state index >= 15 is 0 Å². The van der Waals surface area contributed by atoms with Crippen LogP contribution in [-0.2, 0) is 7.05 Å². The summed E-state index contributed by atoms with van der Waals surface area (Å²) in [6.45, 7) is 7.02. The van der Waals surface area contributed by atoms with Crippen LogP contribution in [0.5, 0.6) is 5.75 Å². The minimum Gasteiger partial charge on any atom is -0.494 e. The minimum atomic E-state index is -0.300. The number of carbonyl (C=O) groups excluding carboxylic acids is 1. The summed E-state index contributed by atoms with van der Waals surface area (Å²) in [6, 6.07) is 9.61. The SMILES string of the molecule is COc1cc2nn(C3CCC(C(C)(C)C)CC3)cc2cc1NC(=O)c1cccc(-c2cnn(C)c2)n1. The van der Waals surface area contributed by atoms with Crippen molar-refractivity contribution in [2.75, 3.05) is 12.4 Å². The van der Waals surface area contributed by atoms with Crippen molar-refractivity contribution in [2.45, 2.75) is 52.5 Å². The highest BCUT2D eigenvalue weighted by molar-refractivity contribution is 6.05. The van der Waals surface area contributed by atoms with Gasteiger partial charge in [-0.05, 0) is 55.2 Å². The zero-order valence-electron chi connectivity index (χ0n) is 21.7. The number of carbonyl (C=O) groups is 1. The molecule has 3 heterocycles. The average molecular weight is 487 g/mol. The molecule has 1 amide bonds. The van der Waals surface area contributed by atoms with Gasteiger partial charge in [-0.2, -0.15) is 10.2 Å². The summed E-state index contributed by atoms with van der Waals surface area (Å²) in [6.07, 6.45) is 10.4. The second-order valence-electron chi connectivity index (χ2n) is 10.9. The highest BCUT2D eigenvalue weighted by Crippen LogP contribution is 2.41. The summed E-state index contributed by atoms with van der Waals surface area (Å²) in [5.74, 6) is 1.03. The predicted molar refractivity (Wildman–Crippen MR) is 141 cm³/mol. The van der Waals surface area contributed by atoms with Crippen molar-refractivity contribution in [1.82, 2.24) is 24.5 Å². The van der Waals surface area contributed by atoms with Crippen molar-refractivity contribution < 1.29 is 9.53 Å². The van der Waals surface area contributed by atoms with Crippen LogP contribution in [0.15, 0.2) is 48.9 Å². The first kappa shape index (κ1) is 24.0. The molecule has 188 valence electrons. The Hall–Kier alpha value is -3.68. The van der Waals surface area contributed by atoms with E-state index in [4.69, 9.17) is 9.84 Å². The van der Waals surface area contributed by atoms with Gasteiger partial charge < -0.3 is 10.1 Å². The van der Waals surface area contributed by atoms with Crippen LogP contribution in [0.1, 0.15) is 63.0 Å². The molecule has 1 aromatic carbocycles. The molecule has 4 aromatic rings. The Morgan fingerprint density at radius 2 is 1.89 bits per heavy atom. The Balaban J connectivity index is 1.36. The zero-order chi connectivity index (χ0) is 25.4. The van der Waals surface area contributed by atoms with E-state index < -0.39 is 0 Å². The summed E-state index contributed by atoms with van der Waals surface area (Å²) < 4.78 is 9.41. The van der Waals surface area contributed by atoms with Gasteiger partial charge in [-0.25, -0.2) is 4.98 Å². The average Bonchev–Trinajstić information content (AvgIpc) is 3.49. The highest BCUT2D eigenvalue weighted by atomic mass is 16.5. The Bertz CT molecular complexity index is 1390. The third-order valence-corrected chi connectivity index (χ3v) is 7.37. The number of aryl methyl sites for hydroxylation is 1. The fourth-order valence-corrected chi connectivity index (χ4v) is 5.19. The number of ether oxygens (including phenoxy) is 1. The van der Waals surface area contributed by atoms with Gasteiger partial charge in [0.1, 0.15) is 11.4 Å². The quantitative estimate of drug-likeness (QED) is 0.381. The molecule has 5 rings (SSSR count). The summed E-state index contributed by atoms with van der Waals surface area (Å²) in [7, 11) is 3.45. The summed E-state index contributed by atoms with van der Waals surface area (Å²) >= 11 is 0. The molecule has 0 radical (unpaired) electrons. The topological polar surface area (TPSA) is 86.9 Å². The maximum Gasteiger partial charge on any atom is 0.274 e. The van der Waals surface area contributed by atoms with Gasteiger partial charge in [0.25, 0.3) is 5.91 Å². The molecule has 0 atom stereocenters. The van der Waals surface area contributed by atoms with E-state index in [0.717, 1.165) is 35.2 Å². The number of benzene rings is 1. The van der Waals surface area contributed by atoms with Crippen LogP contribution < -0.4 is 10.1 Å². The number of hydrogen-bond acceptors (Lipinski definition) is 5. The Morgan fingerprint density at radius 3 is 2.56 bits per heavy atom. The number of aromatic nitrogens is 5. The molecule has 8 heteroatoms. The molecule has 3 aromatic heterocycles. The number of anilines is 1. The first-order chi connectivity index (χ1) is 17.2. The van der Waals surface area contributed by atoms with Gasteiger partial charge in [0, 0.05) is 36.5 Å². The molecule has 1 N–H and O–H groups in total. The van der Waals surface area contributed by atoms with E-state index in [1.807, 2.05) is 37.5 Å². The summed E-state index contributed by atoms with van der Waals surface area (Å²) in [4.78, 5) is 17.6. The number of rotatable bonds is 5. The molecular weight excluding hydrogens is 452 g/mol. The fourth-order valence-electron chi connectivity index (χ4n) is 5.19. The van der Waals surface area contributed by atoms with E-state index in [0.29, 0.717) is 34.3 Å². The maximum absolute atomic E-state index is 13.1. The van der Waals surface area contributed by atoms with E-state index in [-0.39, 0.29) is 5.91 Å². The van der Waals surface area contributed by atoms with Crippen molar-refractivity contribution >= 4 is 22.5 Å². The number of hydrogen-bond donors (Lipinski definition) is 1. The number of nitrogens with one attached hydrogen (secondary N) is 1. The van der Waals surface area contributed by atoms with Crippen molar-refractivity contribution in [3.63, 3.8) is 0 Å². The highest BCUT2D eigenvalue weighted by Gasteiger charge is 2.30. The number of pyridine rings is 1. The Kier molecular flexibility index (Phi) is 6.28. The third kappa shape index (κ3) is 4.85. The first-order valence-corrected chi connectivity index (χ1v) is 12.6. The van der Waals surface area contributed by atoms with Crippen molar-refractivity contribution in [2.24, 2.45) is 18.4 Å². The second-order valence-corrected chi connectivity index (χ2v) is 10.9. The van der Waals surface area contributed by atoms with E-state index in [1.54, 1.807) is 24.1 Å². The van der Waals surface area contributed by atoms with Crippen LogP contribution >= 0.6 is 0 Å². The van der Waals surface area contributed by atoms with Crippen LogP contribution in [0.2, 0.25) is 0 Å². The minimum absolute atomic E-state index is 0.300. The first-order valence-electron chi connectivity index (χ1n) is 12.6. The maximum atomic E-state index is 13.1. The van der Waals surface area contributed by atoms with E-state index in [1.165, 1.54) is 12.8 Å². The van der Waals surface area contributed by atoms with Gasteiger partial charge in [0.2, 0.25) is 0 Å². The van der Waals surface area contributed by atoms with Gasteiger partial charge in [-0.1, -0.05) is 26.8 Å². The Labute approximate surface area is 211 Å². The monoisotopic (exact) mass is 486 g/mol. The summed E-state index contributed by atoms with van der Waals surface area (Å²) in [5, 5.41) is 13.0. The number of amides is 1.